The number of halogens is 1. The summed E-state index contributed by atoms with van der Waals surface area (Å²) in [6, 6.07) is 14.2. The first-order chi connectivity index (χ1) is 14.4. The second-order valence-electron chi connectivity index (χ2n) is 6.83. The van der Waals surface area contributed by atoms with E-state index >= 15 is 0 Å². The van der Waals surface area contributed by atoms with Gasteiger partial charge in [0.05, 0.1) is 11.4 Å². The molecular weight excluding hydrogens is 466 g/mol. The summed E-state index contributed by atoms with van der Waals surface area (Å²) in [6.45, 7) is 3.99. The Hall–Kier alpha value is -2.97. The minimum Gasteiger partial charge on any atom is -0.485 e. The average Bonchev–Trinajstić information content (AvgIpc) is 3.09. The largest absolute Gasteiger partial charge is 0.485 e. The van der Waals surface area contributed by atoms with E-state index < -0.39 is 0 Å². The van der Waals surface area contributed by atoms with Crippen molar-refractivity contribution >= 4 is 43.8 Å². The molecule has 4 rings (SSSR count). The molecule has 0 unspecified atom stereocenters. The van der Waals surface area contributed by atoms with Gasteiger partial charge < -0.3 is 10.1 Å². The van der Waals surface area contributed by atoms with Crippen LogP contribution in [0.3, 0.4) is 0 Å². The summed E-state index contributed by atoms with van der Waals surface area (Å²) in [5.41, 5.74) is 2.46. The fourth-order valence-electron chi connectivity index (χ4n) is 2.96. The van der Waals surface area contributed by atoms with Gasteiger partial charge in [-0.25, -0.2) is 4.98 Å². The minimum absolute atomic E-state index is 0.117. The fraction of sp³-hybridized carbons (Fsp3) is 0.136. The van der Waals surface area contributed by atoms with E-state index in [1.165, 1.54) is 21.8 Å². The molecule has 0 atom stereocenters. The molecule has 2 aromatic carbocycles. The smallest absolute Gasteiger partial charge is 0.258 e. The quantitative estimate of drug-likeness (QED) is 0.435. The molecule has 0 aliphatic rings. The summed E-state index contributed by atoms with van der Waals surface area (Å²) in [7, 11) is 0. The average molecular weight is 484 g/mol. The summed E-state index contributed by atoms with van der Waals surface area (Å²) in [6.07, 6.45) is 1.77. The van der Waals surface area contributed by atoms with Gasteiger partial charge in [0.25, 0.3) is 11.5 Å². The van der Waals surface area contributed by atoms with E-state index in [2.05, 4.69) is 26.2 Å². The van der Waals surface area contributed by atoms with Crippen LogP contribution in [0.2, 0.25) is 0 Å². The maximum Gasteiger partial charge on any atom is 0.258 e. The Morgan fingerprint density at radius 1 is 1.20 bits per heavy atom. The number of amides is 1. The normalized spacial score (nSPS) is 10.9. The topological polar surface area (TPSA) is 72.7 Å². The van der Waals surface area contributed by atoms with Gasteiger partial charge in [0, 0.05) is 27.2 Å². The number of hydrogen-bond donors (Lipinski definition) is 1. The molecule has 0 fully saturated rings. The number of rotatable bonds is 5. The van der Waals surface area contributed by atoms with Crippen molar-refractivity contribution in [3.05, 3.63) is 91.3 Å². The molecule has 30 heavy (non-hydrogen) atoms. The number of aromatic nitrogens is 2. The van der Waals surface area contributed by atoms with Gasteiger partial charge in [0.1, 0.15) is 12.4 Å². The first-order valence-corrected chi connectivity index (χ1v) is 10.8. The van der Waals surface area contributed by atoms with Crippen molar-refractivity contribution in [2.45, 2.75) is 20.5 Å². The second-order valence-corrected chi connectivity index (χ2v) is 8.96. The van der Waals surface area contributed by atoms with Crippen molar-refractivity contribution in [1.82, 2.24) is 9.38 Å². The molecule has 4 aromatic rings. The predicted molar refractivity (Wildman–Crippen MR) is 122 cm³/mol. The summed E-state index contributed by atoms with van der Waals surface area (Å²) in [4.78, 5) is 31.1. The first kappa shape index (κ1) is 20.3. The van der Waals surface area contributed by atoms with Gasteiger partial charge in [-0.2, -0.15) is 0 Å². The Bertz CT molecular complexity index is 1310. The molecule has 0 saturated carbocycles. The Labute approximate surface area is 185 Å². The Morgan fingerprint density at radius 2 is 2.03 bits per heavy atom. The standard InChI is InChI=1S/C22H18BrN3O3S/c1-13-6-7-18(25-21(28)15-4-3-5-16(23)9-15)19(8-13)29-12-17-10-20(27)26-11-14(2)30-22(26)24-17/h3-11H,12H2,1-2H3,(H,25,28). The number of thiazole rings is 1. The van der Waals surface area contributed by atoms with Crippen LogP contribution in [-0.2, 0) is 6.61 Å². The number of nitrogens with one attached hydrogen (secondary N) is 1. The molecule has 2 aromatic heterocycles. The fourth-order valence-corrected chi connectivity index (χ4v) is 4.21. The molecule has 6 nitrogen and oxygen atoms in total. The lowest BCUT2D eigenvalue weighted by Gasteiger charge is -2.13. The first-order valence-electron chi connectivity index (χ1n) is 9.18. The zero-order chi connectivity index (χ0) is 21.3. The van der Waals surface area contributed by atoms with Crippen LogP contribution in [0.15, 0.2) is 64.0 Å². The van der Waals surface area contributed by atoms with Crippen molar-refractivity contribution in [1.29, 1.82) is 0 Å². The molecule has 8 heteroatoms. The number of hydrogen-bond acceptors (Lipinski definition) is 5. The number of carbonyl (C=O) groups excluding carboxylic acids is 1. The molecule has 1 N–H and O–H groups in total. The third kappa shape index (κ3) is 4.44. The van der Waals surface area contributed by atoms with Crippen LogP contribution >= 0.6 is 27.3 Å². The van der Waals surface area contributed by atoms with Crippen LogP contribution in [0.25, 0.3) is 4.96 Å². The van der Waals surface area contributed by atoms with E-state index in [-0.39, 0.29) is 18.1 Å². The Morgan fingerprint density at radius 3 is 2.83 bits per heavy atom. The highest BCUT2D eigenvalue weighted by atomic mass is 79.9. The molecule has 0 aliphatic carbocycles. The molecule has 0 aliphatic heterocycles. The molecule has 0 radical (unpaired) electrons. The van der Waals surface area contributed by atoms with E-state index in [0.29, 0.717) is 27.7 Å². The van der Waals surface area contributed by atoms with Gasteiger partial charge in [0.2, 0.25) is 0 Å². The van der Waals surface area contributed by atoms with Crippen LogP contribution in [-0.4, -0.2) is 15.3 Å². The number of benzene rings is 2. The number of fused-ring (bicyclic) bond motifs is 1. The van der Waals surface area contributed by atoms with Crippen molar-refractivity contribution in [2.24, 2.45) is 0 Å². The number of carbonyl (C=O) groups is 1. The molecule has 0 spiro atoms. The van der Waals surface area contributed by atoms with Crippen LogP contribution in [0.1, 0.15) is 26.5 Å². The lowest BCUT2D eigenvalue weighted by Crippen LogP contribution is -2.15. The lowest BCUT2D eigenvalue weighted by molar-refractivity contribution is 0.102. The van der Waals surface area contributed by atoms with Crippen molar-refractivity contribution in [3.8, 4) is 5.75 Å². The van der Waals surface area contributed by atoms with Crippen LogP contribution in [0, 0.1) is 13.8 Å². The van der Waals surface area contributed by atoms with Crippen LogP contribution in [0.5, 0.6) is 5.75 Å². The third-order valence-corrected chi connectivity index (χ3v) is 5.77. The zero-order valence-electron chi connectivity index (χ0n) is 16.3. The molecule has 1 amide bonds. The van der Waals surface area contributed by atoms with E-state index in [1.807, 2.05) is 32.0 Å². The van der Waals surface area contributed by atoms with Gasteiger partial charge >= 0.3 is 0 Å². The van der Waals surface area contributed by atoms with Crippen molar-refractivity contribution in [3.63, 3.8) is 0 Å². The van der Waals surface area contributed by atoms with Gasteiger partial charge in [-0.15, -0.1) is 11.3 Å². The highest BCUT2D eigenvalue weighted by molar-refractivity contribution is 9.10. The van der Waals surface area contributed by atoms with Crippen LogP contribution < -0.4 is 15.6 Å². The van der Waals surface area contributed by atoms with Gasteiger partial charge in [0.15, 0.2) is 4.96 Å². The predicted octanol–water partition coefficient (Wildman–Crippen LogP) is 4.97. The highest BCUT2D eigenvalue weighted by Gasteiger charge is 2.12. The second kappa shape index (κ2) is 8.41. The van der Waals surface area contributed by atoms with Crippen LogP contribution in [0.4, 0.5) is 5.69 Å². The SMILES string of the molecule is Cc1ccc(NC(=O)c2cccc(Br)c2)c(OCc2cc(=O)n3cc(C)sc3n2)c1. The number of aryl methyl sites for hydroxylation is 2. The zero-order valence-corrected chi connectivity index (χ0v) is 18.7. The summed E-state index contributed by atoms with van der Waals surface area (Å²) >= 11 is 4.83. The monoisotopic (exact) mass is 483 g/mol. The Balaban J connectivity index is 1.56. The minimum atomic E-state index is -0.239. The molecule has 0 saturated heterocycles. The van der Waals surface area contributed by atoms with E-state index in [0.717, 1.165) is 14.9 Å². The molecule has 152 valence electrons. The molecular formula is C22H18BrN3O3S. The third-order valence-electron chi connectivity index (χ3n) is 4.38. The van der Waals surface area contributed by atoms with Gasteiger partial charge in [-0.1, -0.05) is 28.1 Å². The van der Waals surface area contributed by atoms with Crippen molar-refractivity contribution in [2.75, 3.05) is 5.32 Å². The number of nitrogens with zero attached hydrogens (tertiary/aromatic N) is 2. The highest BCUT2D eigenvalue weighted by Crippen LogP contribution is 2.27. The van der Waals surface area contributed by atoms with E-state index in [1.54, 1.807) is 30.5 Å². The van der Waals surface area contributed by atoms with Gasteiger partial charge in [-0.3, -0.25) is 14.0 Å². The number of ether oxygens (including phenoxy) is 1. The van der Waals surface area contributed by atoms with Crippen molar-refractivity contribution < 1.29 is 9.53 Å². The lowest BCUT2D eigenvalue weighted by atomic mass is 10.2. The molecule has 0 bridgehead atoms. The summed E-state index contributed by atoms with van der Waals surface area (Å²) < 4.78 is 8.30. The van der Waals surface area contributed by atoms with E-state index in [9.17, 15) is 9.59 Å². The summed E-state index contributed by atoms with van der Waals surface area (Å²) in [5.74, 6) is 0.277. The van der Waals surface area contributed by atoms with E-state index in [4.69, 9.17) is 4.74 Å². The maximum atomic E-state index is 12.6. The van der Waals surface area contributed by atoms with Gasteiger partial charge in [-0.05, 0) is 49.7 Å². The Kier molecular flexibility index (Phi) is 5.69. The maximum absolute atomic E-state index is 12.6. The summed E-state index contributed by atoms with van der Waals surface area (Å²) in [5, 5.41) is 2.89. The number of anilines is 1. The molecule has 2 heterocycles.